The Kier molecular flexibility index (Phi) is 2.40. The molecule has 0 bridgehead atoms. The zero-order chi connectivity index (χ0) is 9.26. The molecule has 3 N–H and O–H groups in total. The van der Waals surface area contributed by atoms with Crippen molar-refractivity contribution in [2.75, 3.05) is 19.8 Å². The number of ether oxygens (including phenoxy) is 1. The average Bonchev–Trinajstić information content (AvgIpc) is 2.44. The van der Waals surface area contributed by atoms with Crippen LogP contribution in [0.25, 0.3) is 0 Å². The molecule has 1 heterocycles. The molecule has 1 aliphatic carbocycles. The lowest BCUT2D eigenvalue weighted by Crippen LogP contribution is -2.46. The van der Waals surface area contributed by atoms with Crippen molar-refractivity contribution >= 4 is 5.96 Å². The van der Waals surface area contributed by atoms with Crippen molar-refractivity contribution in [3.63, 3.8) is 0 Å². The van der Waals surface area contributed by atoms with E-state index in [-0.39, 0.29) is 5.96 Å². The number of nitrogens with zero attached hydrogens (tertiary/aromatic N) is 1. The van der Waals surface area contributed by atoms with E-state index >= 15 is 0 Å². The topological polar surface area (TPSA) is 62.3 Å². The summed E-state index contributed by atoms with van der Waals surface area (Å²) in [5.41, 5.74) is 5.55. The van der Waals surface area contributed by atoms with Crippen molar-refractivity contribution in [1.29, 1.82) is 5.41 Å². The number of hydrogen-bond donors (Lipinski definition) is 2. The summed E-state index contributed by atoms with van der Waals surface area (Å²) in [6, 6.07) is 0.472. The number of guanidine groups is 1. The van der Waals surface area contributed by atoms with Gasteiger partial charge in [-0.15, -0.1) is 0 Å². The molecule has 0 radical (unpaired) electrons. The third kappa shape index (κ3) is 1.63. The van der Waals surface area contributed by atoms with Gasteiger partial charge in [-0.25, -0.2) is 0 Å². The number of nitrogens with two attached hydrogens (primary N) is 1. The van der Waals surface area contributed by atoms with Crippen LogP contribution >= 0.6 is 0 Å². The molecule has 0 aromatic rings. The van der Waals surface area contributed by atoms with E-state index in [0.717, 1.165) is 13.2 Å². The van der Waals surface area contributed by atoms with E-state index in [1.807, 2.05) is 4.90 Å². The normalized spacial score (nSPS) is 34.0. The van der Waals surface area contributed by atoms with E-state index in [4.69, 9.17) is 15.9 Å². The fourth-order valence-corrected chi connectivity index (χ4v) is 2.48. The third-order valence-corrected chi connectivity index (χ3v) is 3.14. The van der Waals surface area contributed by atoms with Crippen molar-refractivity contribution < 1.29 is 4.74 Å². The summed E-state index contributed by atoms with van der Waals surface area (Å²) in [5.74, 6) is 0.814. The van der Waals surface area contributed by atoms with Gasteiger partial charge < -0.3 is 15.4 Å². The van der Waals surface area contributed by atoms with E-state index in [9.17, 15) is 0 Å². The summed E-state index contributed by atoms with van der Waals surface area (Å²) in [4.78, 5) is 2.00. The Morgan fingerprint density at radius 2 is 2.31 bits per heavy atom. The number of rotatable bonds is 0. The minimum atomic E-state index is 0.211. The smallest absolute Gasteiger partial charge is 0.188 e. The van der Waals surface area contributed by atoms with E-state index in [0.29, 0.717) is 18.6 Å². The van der Waals surface area contributed by atoms with Crippen LogP contribution < -0.4 is 5.73 Å². The zero-order valence-corrected chi connectivity index (χ0v) is 7.83. The molecule has 4 heteroatoms. The largest absolute Gasteiger partial charge is 0.379 e. The first kappa shape index (κ1) is 8.81. The highest BCUT2D eigenvalue weighted by molar-refractivity contribution is 5.75. The average molecular weight is 183 g/mol. The second-order valence-corrected chi connectivity index (χ2v) is 3.91. The van der Waals surface area contributed by atoms with Crippen molar-refractivity contribution in [2.24, 2.45) is 11.7 Å². The molecule has 2 fully saturated rings. The zero-order valence-electron chi connectivity index (χ0n) is 7.83. The van der Waals surface area contributed by atoms with Crippen molar-refractivity contribution in [2.45, 2.75) is 25.3 Å². The van der Waals surface area contributed by atoms with Crippen LogP contribution in [0.3, 0.4) is 0 Å². The maximum absolute atomic E-state index is 7.49. The minimum absolute atomic E-state index is 0.211. The molecule has 2 aliphatic rings. The molecule has 74 valence electrons. The van der Waals surface area contributed by atoms with Gasteiger partial charge in [-0.05, 0) is 12.8 Å². The van der Waals surface area contributed by atoms with Crippen molar-refractivity contribution in [3.8, 4) is 0 Å². The standard InChI is InChI=1S/C9H17N3O/c10-9(11)12-4-5-13-6-7-2-1-3-8(7)12/h7-8H,1-6H2,(H3,10,11)/t7-,8-/m1/s1. The van der Waals surface area contributed by atoms with E-state index in [1.165, 1.54) is 19.3 Å². The molecule has 0 amide bonds. The van der Waals surface area contributed by atoms with E-state index in [2.05, 4.69) is 0 Å². The maximum Gasteiger partial charge on any atom is 0.188 e. The lowest BCUT2D eigenvalue weighted by atomic mass is 10.0. The predicted octanol–water partition coefficient (Wildman–Crippen LogP) is 0.381. The lowest BCUT2D eigenvalue weighted by Gasteiger charge is -2.29. The Morgan fingerprint density at radius 3 is 3.08 bits per heavy atom. The highest BCUT2D eigenvalue weighted by Gasteiger charge is 2.34. The Morgan fingerprint density at radius 1 is 1.46 bits per heavy atom. The van der Waals surface area contributed by atoms with Gasteiger partial charge in [0.2, 0.25) is 0 Å². The second-order valence-electron chi connectivity index (χ2n) is 3.91. The van der Waals surface area contributed by atoms with Crippen molar-refractivity contribution in [1.82, 2.24) is 4.90 Å². The van der Waals surface area contributed by atoms with Crippen LogP contribution in [0.15, 0.2) is 0 Å². The number of fused-ring (bicyclic) bond motifs is 1. The Bertz CT molecular complexity index is 207. The summed E-state index contributed by atoms with van der Waals surface area (Å²) >= 11 is 0. The molecule has 1 saturated heterocycles. The van der Waals surface area contributed by atoms with Crippen LogP contribution in [-0.4, -0.2) is 36.7 Å². The summed E-state index contributed by atoms with van der Waals surface area (Å²) in [5, 5.41) is 7.49. The quantitative estimate of drug-likeness (QED) is 0.421. The summed E-state index contributed by atoms with van der Waals surface area (Å²) in [6.07, 6.45) is 3.66. The first-order chi connectivity index (χ1) is 6.29. The highest BCUT2D eigenvalue weighted by atomic mass is 16.5. The van der Waals surface area contributed by atoms with Crippen LogP contribution in [0.2, 0.25) is 0 Å². The van der Waals surface area contributed by atoms with Crippen LogP contribution in [0.5, 0.6) is 0 Å². The van der Waals surface area contributed by atoms with Gasteiger partial charge in [0.15, 0.2) is 5.96 Å². The van der Waals surface area contributed by atoms with E-state index in [1.54, 1.807) is 0 Å². The van der Waals surface area contributed by atoms with Crippen LogP contribution in [0.4, 0.5) is 0 Å². The van der Waals surface area contributed by atoms with Gasteiger partial charge in [0, 0.05) is 18.5 Å². The molecule has 0 aromatic carbocycles. The third-order valence-electron chi connectivity index (χ3n) is 3.14. The molecule has 4 nitrogen and oxygen atoms in total. The summed E-state index contributed by atoms with van der Waals surface area (Å²) in [7, 11) is 0. The maximum atomic E-state index is 7.49. The molecule has 2 rings (SSSR count). The SMILES string of the molecule is N=C(N)N1CCOC[C@H]2CCC[C@H]21. The molecular formula is C9H17N3O. The van der Waals surface area contributed by atoms with Gasteiger partial charge in [0.25, 0.3) is 0 Å². The van der Waals surface area contributed by atoms with Gasteiger partial charge in [0.05, 0.1) is 13.2 Å². The predicted molar refractivity (Wildman–Crippen MR) is 50.6 cm³/mol. The molecule has 0 unspecified atom stereocenters. The van der Waals surface area contributed by atoms with Crippen molar-refractivity contribution in [3.05, 3.63) is 0 Å². The summed E-state index contributed by atoms with van der Waals surface area (Å²) in [6.45, 7) is 2.36. The fraction of sp³-hybridized carbons (Fsp3) is 0.889. The Labute approximate surface area is 78.5 Å². The molecular weight excluding hydrogens is 166 g/mol. The van der Waals surface area contributed by atoms with Crippen LogP contribution in [-0.2, 0) is 4.74 Å². The van der Waals surface area contributed by atoms with Gasteiger partial charge in [-0.2, -0.15) is 0 Å². The van der Waals surface area contributed by atoms with Gasteiger partial charge in [0.1, 0.15) is 0 Å². The highest BCUT2D eigenvalue weighted by Crippen LogP contribution is 2.31. The van der Waals surface area contributed by atoms with Gasteiger partial charge in [-0.1, -0.05) is 6.42 Å². The Balaban J connectivity index is 2.10. The fourth-order valence-electron chi connectivity index (χ4n) is 2.48. The van der Waals surface area contributed by atoms with Gasteiger partial charge in [-0.3, -0.25) is 5.41 Å². The first-order valence-corrected chi connectivity index (χ1v) is 4.97. The Hall–Kier alpha value is -0.770. The van der Waals surface area contributed by atoms with Gasteiger partial charge >= 0.3 is 0 Å². The molecule has 0 spiro atoms. The molecule has 13 heavy (non-hydrogen) atoms. The minimum Gasteiger partial charge on any atom is -0.379 e. The molecule has 2 atom stereocenters. The monoisotopic (exact) mass is 183 g/mol. The van der Waals surface area contributed by atoms with E-state index < -0.39 is 0 Å². The number of nitrogens with one attached hydrogen (secondary N) is 1. The number of hydrogen-bond acceptors (Lipinski definition) is 2. The molecule has 0 aromatic heterocycles. The molecule has 1 aliphatic heterocycles. The first-order valence-electron chi connectivity index (χ1n) is 4.97. The van der Waals surface area contributed by atoms with Crippen LogP contribution in [0, 0.1) is 11.3 Å². The summed E-state index contributed by atoms with van der Waals surface area (Å²) < 4.78 is 5.49. The van der Waals surface area contributed by atoms with Crippen LogP contribution in [0.1, 0.15) is 19.3 Å². The lowest BCUT2D eigenvalue weighted by molar-refractivity contribution is 0.121. The molecule has 1 saturated carbocycles. The second kappa shape index (κ2) is 3.54.